The fourth-order valence-electron chi connectivity index (χ4n) is 6.07. The Morgan fingerprint density at radius 2 is 1.48 bits per heavy atom. The first kappa shape index (κ1) is 15.9. The topological polar surface area (TPSA) is 17.3 Å². The zero-order chi connectivity index (χ0) is 20.1. The molecule has 0 unspecified atom stereocenters. The van der Waals surface area contributed by atoms with Gasteiger partial charge in [-0.15, -0.1) is 0 Å². The molecule has 2 heteroatoms. The molecule has 2 heterocycles. The Morgan fingerprint density at radius 1 is 0.645 bits per heavy atom. The first-order valence-electron chi connectivity index (χ1n) is 10.9. The van der Waals surface area contributed by atoms with Crippen LogP contribution in [-0.4, -0.2) is 9.38 Å². The van der Waals surface area contributed by atoms with E-state index in [1.165, 1.54) is 66.2 Å². The summed E-state index contributed by atoms with van der Waals surface area (Å²) in [7, 11) is 0. The summed E-state index contributed by atoms with van der Waals surface area (Å²) < 4.78 is 2.25. The Hall–Kier alpha value is -3.91. The lowest BCUT2D eigenvalue weighted by Gasteiger charge is -2.13. The predicted octanol–water partition coefficient (Wildman–Crippen LogP) is 6.78. The normalized spacial score (nSPS) is 13.5. The number of nitrogens with zero attached hydrogens (tertiary/aromatic N) is 2. The number of hydrogen-bond acceptors (Lipinski definition) is 1. The molecule has 144 valence electrons. The van der Waals surface area contributed by atoms with E-state index in [9.17, 15) is 0 Å². The monoisotopic (exact) mass is 394 g/mol. The van der Waals surface area contributed by atoms with Gasteiger partial charge in [-0.05, 0) is 68.8 Å². The highest BCUT2D eigenvalue weighted by Crippen LogP contribution is 2.49. The molecule has 0 saturated carbocycles. The molecule has 2 nitrogen and oxygen atoms in total. The molecule has 0 amide bonds. The smallest absolute Gasteiger partial charge is 0.145 e. The first-order chi connectivity index (χ1) is 15.4. The molecule has 0 atom stereocenters. The molecule has 0 fully saturated rings. The van der Waals surface area contributed by atoms with Crippen molar-refractivity contribution in [3.8, 4) is 22.3 Å². The molecule has 0 N–H and O–H groups in total. The second-order valence-electron chi connectivity index (χ2n) is 8.79. The van der Waals surface area contributed by atoms with Crippen LogP contribution in [0.15, 0.2) is 85.2 Å². The van der Waals surface area contributed by atoms with Crippen LogP contribution in [0.1, 0.15) is 22.3 Å². The van der Waals surface area contributed by atoms with E-state index >= 15 is 0 Å². The lowest BCUT2D eigenvalue weighted by Crippen LogP contribution is -1.94. The van der Waals surface area contributed by atoms with Gasteiger partial charge in [0.25, 0.3) is 0 Å². The molecular formula is C29H18N2. The molecule has 4 aromatic carbocycles. The van der Waals surface area contributed by atoms with Gasteiger partial charge in [0, 0.05) is 23.2 Å². The molecule has 2 aliphatic carbocycles. The standard InChI is InChI=1S/C29H18N2/c1-2-6-19-17(5-1)15-24-20(19)10-9-18-16-25-23(27(18)24)12-11-22-21-7-3-4-8-26(21)31-14-13-30-29(31)28(22)25/h1-14H,15-16H2. The third kappa shape index (κ3) is 1.87. The van der Waals surface area contributed by atoms with Gasteiger partial charge >= 0.3 is 0 Å². The van der Waals surface area contributed by atoms with Gasteiger partial charge in [0.05, 0.1) is 5.52 Å². The minimum absolute atomic E-state index is 0.979. The van der Waals surface area contributed by atoms with Crippen LogP contribution >= 0.6 is 0 Å². The van der Waals surface area contributed by atoms with Gasteiger partial charge in [-0.1, -0.05) is 66.7 Å². The van der Waals surface area contributed by atoms with Gasteiger partial charge in [-0.2, -0.15) is 0 Å². The highest BCUT2D eigenvalue weighted by atomic mass is 15.0. The summed E-state index contributed by atoms with van der Waals surface area (Å²) in [5, 5.41) is 3.90. The summed E-state index contributed by atoms with van der Waals surface area (Å²) >= 11 is 0. The Labute approximate surface area is 179 Å². The Balaban J connectivity index is 1.50. The molecule has 0 saturated heterocycles. The lowest BCUT2D eigenvalue weighted by molar-refractivity contribution is 1.23. The van der Waals surface area contributed by atoms with Crippen molar-refractivity contribution in [1.82, 2.24) is 9.38 Å². The molecule has 6 aromatic rings. The summed E-state index contributed by atoms with van der Waals surface area (Å²) in [5.41, 5.74) is 13.8. The summed E-state index contributed by atoms with van der Waals surface area (Å²) in [6.45, 7) is 0. The van der Waals surface area contributed by atoms with Gasteiger partial charge in [0.1, 0.15) is 5.65 Å². The van der Waals surface area contributed by atoms with Crippen LogP contribution < -0.4 is 0 Å². The molecule has 2 aromatic heterocycles. The maximum Gasteiger partial charge on any atom is 0.145 e. The minimum atomic E-state index is 0.979. The minimum Gasteiger partial charge on any atom is -0.299 e. The van der Waals surface area contributed by atoms with Crippen LogP contribution in [0, 0.1) is 0 Å². The van der Waals surface area contributed by atoms with E-state index in [0.717, 1.165) is 18.5 Å². The molecule has 2 aliphatic rings. The zero-order valence-electron chi connectivity index (χ0n) is 16.9. The summed E-state index contributed by atoms with van der Waals surface area (Å²) in [6.07, 6.45) is 6.03. The molecule has 0 radical (unpaired) electrons. The number of hydrogen-bond donors (Lipinski definition) is 0. The largest absolute Gasteiger partial charge is 0.299 e. The van der Waals surface area contributed by atoms with E-state index in [2.05, 4.69) is 83.4 Å². The first-order valence-corrected chi connectivity index (χ1v) is 10.9. The van der Waals surface area contributed by atoms with Crippen molar-refractivity contribution in [3.05, 3.63) is 107 Å². The summed E-state index contributed by atoms with van der Waals surface area (Å²) in [5.74, 6) is 0. The number of aromatic nitrogens is 2. The van der Waals surface area contributed by atoms with Crippen molar-refractivity contribution in [3.63, 3.8) is 0 Å². The van der Waals surface area contributed by atoms with E-state index in [1.807, 2.05) is 6.20 Å². The van der Waals surface area contributed by atoms with Crippen molar-refractivity contribution in [2.45, 2.75) is 12.8 Å². The maximum absolute atomic E-state index is 4.81. The van der Waals surface area contributed by atoms with Crippen LogP contribution in [0.2, 0.25) is 0 Å². The summed E-state index contributed by atoms with van der Waals surface area (Å²) in [4.78, 5) is 4.81. The number of benzene rings is 4. The Morgan fingerprint density at radius 3 is 2.48 bits per heavy atom. The fourth-order valence-corrected chi connectivity index (χ4v) is 6.07. The van der Waals surface area contributed by atoms with E-state index in [4.69, 9.17) is 4.98 Å². The number of fused-ring (bicyclic) bond motifs is 14. The fraction of sp³-hybridized carbons (Fsp3) is 0.0690. The third-order valence-electron chi connectivity index (χ3n) is 7.34. The second kappa shape index (κ2) is 5.41. The van der Waals surface area contributed by atoms with Crippen molar-refractivity contribution < 1.29 is 0 Å². The van der Waals surface area contributed by atoms with Gasteiger partial charge in [0.15, 0.2) is 0 Å². The van der Waals surface area contributed by atoms with E-state index in [0.29, 0.717) is 0 Å². The Kier molecular flexibility index (Phi) is 2.77. The van der Waals surface area contributed by atoms with Gasteiger partial charge in [0.2, 0.25) is 0 Å². The van der Waals surface area contributed by atoms with E-state index < -0.39 is 0 Å². The number of rotatable bonds is 0. The SMILES string of the molecule is c1ccc2c(c1)Cc1c-2ccc2c1-c1ccc3c4ccccc4n4ccnc4c3c1C2. The van der Waals surface area contributed by atoms with Crippen LogP contribution in [0.4, 0.5) is 0 Å². The molecular weight excluding hydrogens is 376 g/mol. The Bertz CT molecular complexity index is 1740. The van der Waals surface area contributed by atoms with Crippen molar-refractivity contribution in [2.75, 3.05) is 0 Å². The number of para-hydroxylation sites is 1. The van der Waals surface area contributed by atoms with Gasteiger partial charge in [-0.3, -0.25) is 4.40 Å². The number of imidazole rings is 1. The van der Waals surface area contributed by atoms with Crippen molar-refractivity contribution in [1.29, 1.82) is 0 Å². The second-order valence-corrected chi connectivity index (χ2v) is 8.79. The van der Waals surface area contributed by atoms with Gasteiger partial charge in [-0.25, -0.2) is 4.98 Å². The molecule has 0 aliphatic heterocycles. The molecule has 0 spiro atoms. The molecule has 31 heavy (non-hydrogen) atoms. The maximum atomic E-state index is 4.81. The van der Waals surface area contributed by atoms with Crippen molar-refractivity contribution in [2.24, 2.45) is 0 Å². The van der Waals surface area contributed by atoms with Crippen LogP contribution in [0.25, 0.3) is 49.6 Å². The van der Waals surface area contributed by atoms with Crippen LogP contribution in [0.5, 0.6) is 0 Å². The van der Waals surface area contributed by atoms with Crippen LogP contribution in [-0.2, 0) is 12.8 Å². The highest BCUT2D eigenvalue weighted by molar-refractivity contribution is 6.15. The average molecular weight is 394 g/mol. The highest BCUT2D eigenvalue weighted by Gasteiger charge is 2.30. The zero-order valence-corrected chi connectivity index (χ0v) is 16.9. The van der Waals surface area contributed by atoms with Gasteiger partial charge < -0.3 is 0 Å². The third-order valence-corrected chi connectivity index (χ3v) is 7.34. The molecule has 8 rings (SSSR count). The quantitative estimate of drug-likeness (QED) is 0.259. The predicted molar refractivity (Wildman–Crippen MR) is 127 cm³/mol. The van der Waals surface area contributed by atoms with E-state index in [1.54, 1.807) is 0 Å². The van der Waals surface area contributed by atoms with Crippen molar-refractivity contribution >= 4 is 27.3 Å². The average Bonchev–Trinajstić information content (AvgIpc) is 3.53. The number of pyridine rings is 1. The van der Waals surface area contributed by atoms with E-state index in [-0.39, 0.29) is 0 Å². The summed E-state index contributed by atoms with van der Waals surface area (Å²) in [6, 6.07) is 26.9. The lowest BCUT2D eigenvalue weighted by atomic mass is 9.93. The molecule has 0 bridgehead atoms. The van der Waals surface area contributed by atoms with Crippen LogP contribution in [0.3, 0.4) is 0 Å².